The van der Waals surface area contributed by atoms with Gasteiger partial charge in [0.1, 0.15) is 0 Å². The van der Waals surface area contributed by atoms with E-state index < -0.39 is 5.60 Å². The van der Waals surface area contributed by atoms with Crippen LogP contribution in [0.1, 0.15) is 20.3 Å². The predicted octanol–water partition coefficient (Wildman–Crippen LogP) is 0.864. The third-order valence-corrected chi connectivity index (χ3v) is 2.95. The topological polar surface area (TPSA) is 41.3 Å². The standard InChI is InChI=1S/C10H17N3O/c1-3-10(14)7-13(8-10)9-11-5-6-12(9)4-2/h5-6,14H,3-4,7-8H2,1-2H3. The van der Waals surface area contributed by atoms with E-state index in [1.54, 1.807) is 0 Å². The molecule has 14 heavy (non-hydrogen) atoms. The first-order valence-electron chi connectivity index (χ1n) is 5.17. The molecule has 0 aliphatic carbocycles. The summed E-state index contributed by atoms with van der Waals surface area (Å²) >= 11 is 0. The van der Waals surface area contributed by atoms with Crippen LogP contribution in [-0.4, -0.2) is 33.3 Å². The molecule has 1 aromatic heterocycles. The summed E-state index contributed by atoms with van der Waals surface area (Å²) in [6, 6.07) is 0. The van der Waals surface area contributed by atoms with Crippen molar-refractivity contribution in [2.75, 3.05) is 18.0 Å². The Labute approximate surface area is 84.2 Å². The molecule has 0 amide bonds. The second-order valence-electron chi connectivity index (χ2n) is 3.95. The molecule has 0 saturated carbocycles. The van der Waals surface area contributed by atoms with Gasteiger partial charge in [0.25, 0.3) is 0 Å². The molecule has 1 saturated heterocycles. The maximum absolute atomic E-state index is 9.87. The molecule has 0 aromatic carbocycles. The van der Waals surface area contributed by atoms with E-state index in [4.69, 9.17) is 0 Å². The van der Waals surface area contributed by atoms with Crippen molar-refractivity contribution in [1.29, 1.82) is 0 Å². The first-order chi connectivity index (χ1) is 6.68. The van der Waals surface area contributed by atoms with Crippen molar-refractivity contribution in [3.63, 3.8) is 0 Å². The predicted molar refractivity (Wildman–Crippen MR) is 55.4 cm³/mol. The van der Waals surface area contributed by atoms with E-state index in [2.05, 4.69) is 21.4 Å². The summed E-state index contributed by atoms with van der Waals surface area (Å²) in [6.07, 6.45) is 4.59. The molecule has 1 aliphatic rings. The lowest BCUT2D eigenvalue weighted by molar-refractivity contribution is 0.00722. The minimum atomic E-state index is -0.482. The maximum Gasteiger partial charge on any atom is 0.205 e. The van der Waals surface area contributed by atoms with Crippen LogP contribution < -0.4 is 4.90 Å². The van der Waals surface area contributed by atoms with E-state index in [1.807, 2.05) is 19.3 Å². The Morgan fingerprint density at radius 1 is 1.50 bits per heavy atom. The number of aryl methyl sites for hydroxylation is 1. The van der Waals surface area contributed by atoms with Gasteiger partial charge in [-0.1, -0.05) is 6.92 Å². The number of nitrogens with zero attached hydrogens (tertiary/aromatic N) is 3. The largest absolute Gasteiger partial charge is 0.386 e. The average Bonchev–Trinajstić information content (AvgIpc) is 2.60. The van der Waals surface area contributed by atoms with Gasteiger partial charge in [0.15, 0.2) is 0 Å². The van der Waals surface area contributed by atoms with Crippen LogP contribution in [0.2, 0.25) is 0 Å². The third-order valence-electron chi connectivity index (χ3n) is 2.95. The fourth-order valence-corrected chi connectivity index (χ4v) is 1.86. The Morgan fingerprint density at radius 2 is 2.21 bits per heavy atom. The molecular formula is C10H17N3O. The fourth-order valence-electron chi connectivity index (χ4n) is 1.86. The lowest BCUT2D eigenvalue weighted by atomic mass is 9.92. The molecule has 1 N–H and O–H groups in total. The van der Waals surface area contributed by atoms with E-state index >= 15 is 0 Å². The van der Waals surface area contributed by atoms with Gasteiger partial charge < -0.3 is 14.6 Å². The van der Waals surface area contributed by atoms with Crippen molar-refractivity contribution in [2.45, 2.75) is 32.4 Å². The summed E-state index contributed by atoms with van der Waals surface area (Å²) in [5, 5.41) is 9.87. The summed E-state index contributed by atoms with van der Waals surface area (Å²) in [4.78, 5) is 6.40. The van der Waals surface area contributed by atoms with E-state index in [0.29, 0.717) is 13.1 Å². The Balaban J connectivity index is 2.06. The Morgan fingerprint density at radius 3 is 2.79 bits per heavy atom. The molecule has 0 atom stereocenters. The van der Waals surface area contributed by atoms with E-state index in [1.165, 1.54) is 0 Å². The van der Waals surface area contributed by atoms with E-state index in [9.17, 15) is 5.11 Å². The number of imidazole rings is 1. The third kappa shape index (κ3) is 1.39. The van der Waals surface area contributed by atoms with Crippen LogP contribution in [0, 0.1) is 0 Å². The number of β-amino-alcohol motifs (C(OH)–C–C–N with tert-alkyl or cyclic N) is 1. The van der Waals surface area contributed by atoms with Crippen LogP contribution >= 0.6 is 0 Å². The van der Waals surface area contributed by atoms with Crippen molar-refractivity contribution in [3.8, 4) is 0 Å². The minimum Gasteiger partial charge on any atom is -0.386 e. The summed E-state index contributed by atoms with van der Waals surface area (Å²) in [7, 11) is 0. The first kappa shape index (κ1) is 9.52. The highest BCUT2D eigenvalue weighted by atomic mass is 16.3. The van der Waals surface area contributed by atoms with Gasteiger partial charge in [-0.25, -0.2) is 4.98 Å². The zero-order valence-corrected chi connectivity index (χ0v) is 8.77. The second kappa shape index (κ2) is 3.28. The van der Waals surface area contributed by atoms with E-state index in [0.717, 1.165) is 18.9 Å². The maximum atomic E-state index is 9.87. The van der Waals surface area contributed by atoms with Crippen LogP contribution in [0.5, 0.6) is 0 Å². The van der Waals surface area contributed by atoms with Gasteiger partial charge in [0, 0.05) is 18.9 Å². The van der Waals surface area contributed by atoms with Gasteiger partial charge in [0.05, 0.1) is 18.7 Å². The quantitative estimate of drug-likeness (QED) is 0.778. The Hall–Kier alpha value is -1.03. The number of hydrogen-bond acceptors (Lipinski definition) is 3. The van der Waals surface area contributed by atoms with Crippen molar-refractivity contribution >= 4 is 5.95 Å². The number of aliphatic hydroxyl groups is 1. The van der Waals surface area contributed by atoms with Gasteiger partial charge in [-0.2, -0.15) is 0 Å². The zero-order chi connectivity index (χ0) is 10.2. The van der Waals surface area contributed by atoms with Crippen LogP contribution in [0.3, 0.4) is 0 Å². The molecule has 1 aromatic rings. The lowest BCUT2D eigenvalue weighted by Gasteiger charge is -2.46. The second-order valence-corrected chi connectivity index (χ2v) is 3.95. The number of aromatic nitrogens is 2. The van der Waals surface area contributed by atoms with Gasteiger partial charge in [-0.05, 0) is 13.3 Å². The van der Waals surface area contributed by atoms with E-state index in [-0.39, 0.29) is 0 Å². The molecule has 0 bridgehead atoms. The molecular weight excluding hydrogens is 178 g/mol. The SMILES string of the molecule is CCn1ccnc1N1CC(O)(CC)C1. The van der Waals surface area contributed by atoms with Crippen LogP contribution in [-0.2, 0) is 6.54 Å². The first-order valence-corrected chi connectivity index (χ1v) is 5.17. The van der Waals surface area contributed by atoms with Gasteiger partial charge >= 0.3 is 0 Å². The highest BCUT2D eigenvalue weighted by molar-refractivity contribution is 5.38. The number of rotatable bonds is 3. The summed E-state index contributed by atoms with van der Waals surface area (Å²) in [5.41, 5.74) is -0.482. The fraction of sp³-hybridized carbons (Fsp3) is 0.700. The highest BCUT2D eigenvalue weighted by Crippen LogP contribution is 2.28. The summed E-state index contributed by atoms with van der Waals surface area (Å²) < 4.78 is 2.09. The molecule has 2 heterocycles. The molecule has 0 unspecified atom stereocenters. The van der Waals surface area contributed by atoms with Crippen LogP contribution in [0.25, 0.3) is 0 Å². The molecule has 4 heteroatoms. The molecule has 1 fully saturated rings. The van der Waals surface area contributed by atoms with Crippen molar-refractivity contribution < 1.29 is 5.11 Å². The number of hydrogen-bond donors (Lipinski definition) is 1. The normalized spacial score (nSPS) is 19.5. The number of anilines is 1. The molecule has 1 aliphatic heterocycles. The zero-order valence-electron chi connectivity index (χ0n) is 8.77. The van der Waals surface area contributed by atoms with Crippen molar-refractivity contribution in [3.05, 3.63) is 12.4 Å². The molecule has 4 nitrogen and oxygen atoms in total. The Kier molecular flexibility index (Phi) is 2.23. The summed E-state index contributed by atoms with van der Waals surface area (Å²) in [5.74, 6) is 0.977. The van der Waals surface area contributed by atoms with Crippen LogP contribution in [0.15, 0.2) is 12.4 Å². The van der Waals surface area contributed by atoms with Gasteiger partial charge in [-0.3, -0.25) is 0 Å². The smallest absolute Gasteiger partial charge is 0.205 e. The molecule has 78 valence electrons. The van der Waals surface area contributed by atoms with Gasteiger partial charge in [0.2, 0.25) is 5.95 Å². The lowest BCUT2D eigenvalue weighted by Crippen LogP contribution is -2.62. The van der Waals surface area contributed by atoms with Crippen LogP contribution in [0.4, 0.5) is 5.95 Å². The Bertz CT molecular complexity index is 315. The van der Waals surface area contributed by atoms with Gasteiger partial charge in [-0.15, -0.1) is 0 Å². The molecule has 0 spiro atoms. The van der Waals surface area contributed by atoms with Crippen molar-refractivity contribution in [2.24, 2.45) is 0 Å². The average molecular weight is 195 g/mol. The van der Waals surface area contributed by atoms with Crippen molar-refractivity contribution in [1.82, 2.24) is 9.55 Å². The molecule has 0 radical (unpaired) electrons. The monoisotopic (exact) mass is 195 g/mol. The molecule has 2 rings (SSSR count). The highest BCUT2D eigenvalue weighted by Gasteiger charge is 2.40. The minimum absolute atomic E-state index is 0.482. The summed E-state index contributed by atoms with van der Waals surface area (Å²) in [6.45, 7) is 6.46.